The third kappa shape index (κ3) is 11.3. The van der Waals surface area contributed by atoms with Crippen LogP contribution in [0.15, 0.2) is 0 Å². The lowest BCUT2D eigenvalue weighted by Crippen LogP contribution is -2.60. The van der Waals surface area contributed by atoms with Crippen LogP contribution in [0.5, 0.6) is 0 Å². The van der Waals surface area contributed by atoms with E-state index in [4.69, 9.17) is 16.2 Å². The van der Waals surface area contributed by atoms with Gasteiger partial charge in [-0.2, -0.15) is 0 Å². The van der Waals surface area contributed by atoms with Crippen LogP contribution in [0.4, 0.5) is 0 Å². The lowest BCUT2D eigenvalue weighted by molar-refractivity contribution is -0.164. The van der Waals surface area contributed by atoms with Gasteiger partial charge in [-0.1, -0.05) is 0 Å². The van der Waals surface area contributed by atoms with E-state index in [1.165, 1.54) is 39.2 Å². The van der Waals surface area contributed by atoms with Crippen LogP contribution in [-0.2, 0) is 67.1 Å². The van der Waals surface area contributed by atoms with E-state index in [0.717, 1.165) is 7.11 Å². The SMILES string of the molecule is COC(=O)C1N(C(=O)[C@@H]2CCCN2C(=O)[C@@H]2CCCN2C(=O)[C@@H]2CCCN2C(=O)[C@@H]2CCCN2C(=O)[C@@H]2CCCN2C(=O)CN)CCN1C(=O)[C@@H]1CCCN1C(=O)[C@@H]1CCCN1C(=O)[C@@H]1CCCN1C(=O)[C@@H]1CCCN1C(=O)[C@@H]1CCCN1C(=O)CN. The van der Waals surface area contributed by atoms with Crippen molar-refractivity contribution >= 4 is 76.9 Å². The molecule has 4 N–H and O–H groups in total. The van der Waals surface area contributed by atoms with E-state index in [2.05, 4.69) is 0 Å². The van der Waals surface area contributed by atoms with Gasteiger partial charge in [-0.3, -0.25) is 57.5 Å². The van der Waals surface area contributed by atoms with Crippen molar-refractivity contribution in [2.45, 2.75) is 195 Å². The Morgan fingerprint density at radius 2 is 0.425 bits per heavy atom. The molecular weight excluding hydrogens is 1130 g/mol. The van der Waals surface area contributed by atoms with E-state index >= 15 is 0 Å². The van der Waals surface area contributed by atoms with Gasteiger partial charge in [-0.15, -0.1) is 0 Å². The highest BCUT2D eigenvalue weighted by Crippen LogP contribution is 2.36. The summed E-state index contributed by atoms with van der Waals surface area (Å²) in [6.45, 7) is 2.48. The molecule has 11 rings (SSSR count). The van der Waals surface area contributed by atoms with Gasteiger partial charge in [0.05, 0.1) is 20.2 Å². The molecule has 11 saturated heterocycles. The molecule has 28 nitrogen and oxygen atoms in total. The summed E-state index contributed by atoms with van der Waals surface area (Å²) in [5.41, 5.74) is 11.3. The van der Waals surface area contributed by atoms with Crippen molar-refractivity contribution in [2.75, 3.05) is 98.7 Å². The average Bonchev–Trinajstić information content (AvgIpc) is 2.13. The maximum absolute atomic E-state index is 14.9. The Labute approximate surface area is 506 Å². The Hall–Kier alpha value is -6.97. The largest absolute Gasteiger partial charge is 0.466 e. The summed E-state index contributed by atoms with van der Waals surface area (Å²) in [5, 5.41) is 0. The molecule has 0 aliphatic carbocycles. The number of hydrogen-bond acceptors (Lipinski definition) is 16. The first-order chi connectivity index (χ1) is 42.0. The van der Waals surface area contributed by atoms with Crippen molar-refractivity contribution in [2.24, 2.45) is 11.5 Å². The molecule has 12 amide bonds. The second-order valence-electron chi connectivity index (χ2n) is 25.4. The molecule has 28 heteroatoms. The van der Waals surface area contributed by atoms with Gasteiger partial charge >= 0.3 is 5.97 Å². The number of likely N-dealkylation sites (tertiary alicyclic amines) is 10. The van der Waals surface area contributed by atoms with Crippen LogP contribution in [0.25, 0.3) is 0 Å². The number of ether oxygens (including phenoxy) is 1. The number of nitrogens with two attached hydrogens (primary N) is 2. The molecule has 11 aliphatic rings. The molecule has 0 aromatic carbocycles. The Bertz CT molecular complexity index is 2610. The van der Waals surface area contributed by atoms with Gasteiger partial charge in [-0.05, 0) is 128 Å². The van der Waals surface area contributed by atoms with Crippen molar-refractivity contribution < 1.29 is 67.1 Å². The molecule has 0 aromatic heterocycles. The highest BCUT2D eigenvalue weighted by Gasteiger charge is 2.55. The van der Waals surface area contributed by atoms with Crippen LogP contribution >= 0.6 is 0 Å². The monoisotopic (exact) mass is 1210 g/mol. The molecule has 0 radical (unpaired) electrons. The molecule has 11 heterocycles. The smallest absolute Gasteiger partial charge is 0.349 e. The summed E-state index contributed by atoms with van der Waals surface area (Å²) in [6.07, 6.45) is 7.69. The molecule has 11 fully saturated rings. The summed E-state index contributed by atoms with van der Waals surface area (Å²) >= 11 is 0. The molecular formula is C59H86N14O14. The minimum Gasteiger partial charge on any atom is -0.466 e. The first kappa shape index (κ1) is 61.7. The Kier molecular flexibility index (Phi) is 18.4. The topological polar surface area (TPSA) is 322 Å². The summed E-state index contributed by atoms with van der Waals surface area (Å²) < 4.78 is 5.23. The zero-order valence-corrected chi connectivity index (χ0v) is 50.1. The third-order valence-electron chi connectivity index (χ3n) is 20.8. The van der Waals surface area contributed by atoms with Crippen molar-refractivity contribution in [1.82, 2.24) is 58.8 Å². The number of hydrogen-bond donors (Lipinski definition) is 2. The minimum atomic E-state index is -1.51. The summed E-state index contributed by atoms with van der Waals surface area (Å²) in [6, 6.07) is -8.60. The van der Waals surface area contributed by atoms with Gasteiger partial charge in [0.1, 0.15) is 60.4 Å². The van der Waals surface area contributed by atoms with Gasteiger partial charge in [0.15, 0.2) is 0 Å². The van der Waals surface area contributed by atoms with Gasteiger partial charge in [0, 0.05) is 78.5 Å². The second-order valence-corrected chi connectivity index (χ2v) is 25.4. The predicted octanol–water partition coefficient (Wildman–Crippen LogP) is -3.02. The fourth-order valence-electron chi connectivity index (χ4n) is 16.5. The van der Waals surface area contributed by atoms with Crippen molar-refractivity contribution in [3.8, 4) is 0 Å². The number of amides is 12. The Balaban J connectivity index is 0.721. The average molecular weight is 1220 g/mol. The normalized spacial score (nSPS) is 30.3. The van der Waals surface area contributed by atoms with Gasteiger partial charge in [0.2, 0.25) is 77.1 Å². The molecule has 87 heavy (non-hydrogen) atoms. The fourth-order valence-corrected chi connectivity index (χ4v) is 16.5. The van der Waals surface area contributed by atoms with E-state index < -0.39 is 96.2 Å². The van der Waals surface area contributed by atoms with Gasteiger partial charge < -0.3 is 75.0 Å². The standard InChI is InChI=1S/C59H86N14O14/c1-87-59(86)48-72(57(84)44-20-10-30-70(44)55(82)42-18-8-28-68(42)53(80)40-16-6-26-66(40)51(78)38-14-4-24-64(38)49(76)36-12-2-22-62(36)46(74)34-60)32-33-73(48)58(85)45-21-11-31-71(45)56(83)43-19-9-29-69(43)54(81)41-17-7-27-67(41)52(79)39-15-5-25-65(39)50(77)37-13-3-23-63(37)47(75)35-61/h36-45,48H,2-35,60-61H2,1H3/t36-,37-,38-,39-,40-,41-,42-,43-,44-,45-/m0/s1. The zero-order chi connectivity index (χ0) is 61.5. The van der Waals surface area contributed by atoms with E-state index in [-0.39, 0.29) is 112 Å². The molecule has 0 saturated carbocycles. The molecule has 0 unspecified atom stereocenters. The number of carbonyl (C=O) groups is 13. The van der Waals surface area contributed by atoms with E-state index in [1.807, 2.05) is 0 Å². The maximum Gasteiger partial charge on any atom is 0.349 e. The predicted molar refractivity (Wildman–Crippen MR) is 305 cm³/mol. The van der Waals surface area contributed by atoms with Crippen LogP contribution in [0.1, 0.15) is 128 Å². The maximum atomic E-state index is 14.9. The zero-order valence-electron chi connectivity index (χ0n) is 50.1. The quantitative estimate of drug-likeness (QED) is 0.174. The van der Waals surface area contributed by atoms with Crippen molar-refractivity contribution in [3.05, 3.63) is 0 Å². The highest BCUT2D eigenvalue weighted by molar-refractivity contribution is 6.01. The highest BCUT2D eigenvalue weighted by atomic mass is 16.5. The second kappa shape index (κ2) is 26.0. The molecule has 10 atom stereocenters. The Morgan fingerprint density at radius 3 is 0.598 bits per heavy atom. The number of carbonyl (C=O) groups excluding carboxylic acids is 13. The van der Waals surface area contributed by atoms with Crippen molar-refractivity contribution in [3.63, 3.8) is 0 Å². The molecule has 476 valence electrons. The number of methoxy groups -OCH3 is 1. The first-order valence-electron chi connectivity index (χ1n) is 32.1. The first-order valence-corrected chi connectivity index (χ1v) is 32.1. The van der Waals surface area contributed by atoms with E-state index in [9.17, 15) is 62.3 Å². The number of esters is 1. The van der Waals surface area contributed by atoms with Crippen LogP contribution in [0, 0.1) is 0 Å². The van der Waals surface area contributed by atoms with E-state index in [1.54, 1.807) is 19.6 Å². The molecule has 11 aliphatic heterocycles. The van der Waals surface area contributed by atoms with Crippen LogP contribution in [-0.4, -0.2) is 301 Å². The number of rotatable bonds is 13. The van der Waals surface area contributed by atoms with Crippen LogP contribution in [0.3, 0.4) is 0 Å². The molecule has 0 bridgehead atoms. The molecule has 0 aromatic rings. The summed E-state index contributed by atoms with van der Waals surface area (Å²) in [4.78, 5) is 202. The lowest BCUT2D eigenvalue weighted by atomic mass is 10.1. The third-order valence-corrected chi connectivity index (χ3v) is 20.8. The van der Waals surface area contributed by atoms with Gasteiger partial charge in [-0.25, -0.2) is 4.79 Å². The van der Waals surface area contributed by atoms with Gasteiger partial charge in [0.25, 0.3) is 0 Å². The number of nitrogens with zero attached hydrogens (tertiary/aromatic N) is 12. The Morgan fingerprint density at radius 1 is 0.264 bits per heavy atom. The summed E-state index contributed by atoms with van der Waals surface area (Å²) in [5.74, 6) is -5.51. The van der Waals surface area contributed by atoms with Crippen LogP contribution < -0.4 is 11.5 Å². The van der Waals surface area contributed by atoms with Crippen LogP contribution in [0.2, 0.25) is 0 Å². The lowest BCUT2D eigenvalue weighted by Gasteiger charge is -2.37. The summed E-state index contributed by atoms with van der Waals surface area (Å²) in [7, 11) is 1.15. The minimum absolute atomic E-state index is 0.0703. The fraction of sp³-hybridized carbons (Fsp3) is 0.780. The van der Waals surface area contributed by atoms with E-state index in [0.29, 0.717) is 155 Å². The molecule has 0 spiro atoms. The van der Waals surface area contributed by atoms with Crippen molar-refractivity contribution in [1.29, 1.82) is 0 Å².